The molecule has 66 heavy (non-hydrogen) atoms. The Morgan fingerprint density at radius 3 is 1.29 bits per heavy atom. The quantitative estimate of drug-likeness (QED) is 0.0193. The van der Waals surface area contributed by atoms with Gasteiger partial charge in [-0.05, 0) is 83.6 Å². The molecule has 0 rings (SSSR count). The minimum atomic E-state index is -0.944. The second kappa shape index (κ2) is 50.3. The number of allylic oxidation sites excluding steroid dienone is 4. The van der Waals surface area contributed by atoms with Gasteiger partial charge in [-0.1, -0.05) is 162 Å². The van der Waals surface area contributed by atoms with E-state index >= 15 is 0 Å². The molecule has 4 N–H and O–H groups in total. The number of rotatable bonds is 49. The summed E-state index contributed by atoms with van der Waals surface area (Å²) < 4.78 is 26.8. The number of ether oxygens (including phenoxy) is 5. The Bertz CT molecular complexity index is 1240. The van der Waals surface area contributed by atoms with Gasteiger partial charge in [0.15, 0.2) is 6.10 Å². The number of carbonyl (C=O) groups is 5. The van der Waals surface area contributed by atoms with E-state index < -0.39 is 36.0 Å². The van der Waals surface area contributed by atoms with Crippen LogP contribution < -0.4 is 11.5 Å². The molecule has 14 heteroatoms. The summed E-state index contributed by atoms with van der Waals surface area (Å²) in [5.74, 6) is -1.35. The summed E-state index contributed by atoms with van der Waals surface area (Å²) in [6.07, 6.45) is 39.8. The average molecular weight is 971 g/mol. The summed E-state index contributed by atoms with van der Waals surface area (Å²) in [5.41, 5.74) is 11.2. The summed E-state index contributed by atoms with van der Waals surface area (Å²) in [4.78, 5) is 62.0. The first-order valence-electron chi connectivity index (χ1n) is 26.1. The number of hydrogen-bond acceptors (Lipinski definition) is 14. The fraction of sp³-hybridized carbons (Fsp3) is 0.827. The molecule has 0 aromatic heterocycles. The highest BCUT2D eigenvalue weighted by molar-refractivity contribution is 8.76. The lowest BCUT2D eigenvalue weighted by molar-refractivity contribution is -0.167. The summed E-state index contributed by atoms with van der Waals surface area (Å²) in [5, 5.41) is 0. The SMILES string of the molecule is CCCCCCCC/C=C/CCCCCCCC(=O)OCC(COC(=O)CCC(=O)OCCSSCCOC(=O)C(N)CCCN)OC(=O)CCCCCCC/C=C/CCCCCCCC. The molecular formula is C52H94N2O10S2. The molecule has 384 valence electrons. The van der Waals surface area contributed by atoms with E-state index in [1.165, 1.54) is 111 Å². The summed E-state index contributed by atoms with van der Waals surface area (Å²) in [6.45, 7) is 4.86. The molecule has 2 unspecified atom stereocenters. The van der Waals surface area contributed by atoms with Crippen LogP contribution in [0.2, 0.25) is 0 Å². The predicted molar refractivity (Wildman–Crippen MR) is 273 cm³/mol. The van der Waals surface area contributed by atoms with Crippen molar-refractivity contribution in [1.82, 2.24) is 0 Å². The van der Waals surface area contributed by atoms with E-state index in [2.05, 4.69) is 38.2 Å². The molecule has 0 aromatic carbocycles. The van der Waals surface area contributed by atoms with Crippen LogP contribution in [-0.2, 0) is 47.7 Å². The van der Waals surface area contributed by atoms with E-state index in [-0.39, 0.29) is 58.1 Å². The second-order valence-corrected chi connectivity index (χ2v) is 19.9. The molecule has 0 spiro atoms. The number of esters is 5. The normalized spacial score (nSPS) is 12.4. The molecule has 0 bridgehead atoms. The van der Waals surface area contributed by atoms with Gasteiger partial charge in [0.1, 0.15) is 32.5 Å². The third kappa shape index (κ3) is 46.6. The minimum absolute atomic E-state index is 0.159. The molecule has 0 heterocycles. The van der Waals surface area contributed by atoms with Crippen LogP contribution in [0.4, 0.5) is 0 Å². The van der Waals surface area contributed by atoms with E-state index in [1.54, 1.807) is 0 Å². The van der Waals surface area contributed by atoms with Crippen molar-refractivity contribution in [3.63, 3.8) is 0 Å². The Morgan fingerprint density at radius 1 is 0.455 bits per heavy atom. The Labute approximate surface area is 409 Å². The van der Waals surface area contributed by atoms with E-state index in [4.69, 9.17) is 35.2 Å². The molecular weight excluding hydrogens is 877 g/mol. The van der Waals surface area contributed by atoms with Gasteiger partial charge in [0, 0.05) is 24.3 Å². The first-order chi connectivity index (χ1) is 32.2. The first-order valence-corrected chi connectivity index (χ1v) is 28.5. The Kier molecular flexibility index (Phi) is 48.4. The summed E-state index contributed by atoms with van der Waals surface area (Å²) in [7, 11) is 2.95. The molecule has 2 atom stereocenters. The van der Waals surface area contributed by atoms with Gasteiger partial charge < -0.3 is 35.2 Å². The maximum Gasteiger partial charge on any atom is 0.322 e. The third-order valence-electron chi connectivity index (χ3n) is 10.9. The minimum Gasteiger partial charge on any atom is -0.465 e. The van der Waals surface area contributed by atoms with Crippen molar-refractivity contribution in [3.05, 3.63) is 24.3 Å². The van der Waals surface area contributed by atoms with Crippen LogP contribution in [0, 0.1) is 0 Å². The van der Waals surface area contributed by atoms with Gasteiger partial charge in [-0.2, -0.15) is 0 Å². The van der Waals surface area contributed by atoms with Crippen molar-refractivity contribution in [3.8, 4) is 0 Å². The standard InChI is InChI=1S/C52H94N2O10S2/c1-3-5-7-9-11-13-15-17-19-21-23-25-27-29-31-35-48(55)62-44-46(64-51(58)36-32-30-28-26-24-22-20-18-16-14-12-10-8-6-4-2)45-63-50(57)38-37-49(56)60-40-42-65-66-43-41-61-52(59)47(54)34-33-39-53/h17-20,46-47H,3-16,21-45,53-54H2,1-2H3/b19-17+,20-18+. The van der Waals surface area contributed by atoms with Gasteiger partial charge in [0.2, 0.25) is 0 Å². The zero-order valence-electron chi connectivity index (χ0n) is 41.6. The highest BCUT2D eigenvalue weighted by Gasteiger charge is 2.20. The van der Waals surface area contributed by atoms with Crippen LogP contribution in [-0.4, -0.2) is 86.5 Å². The second-order valence-electron chi connectivity index (χ2n) is 17.2. The molecule has 0 amide bonds. The lowest BCUT2D eigenvalue weighted by atomic mass is 10.1. The molecule has 0 aliphatic rings. The summed E-state index contributed by atoms with van der Waals surface area (Å²) in [6, 6.07) is -0.666. The summed E-state index contributed by atoms with van der Waals surface area (Å²) >= 11 is 0. The average Bonchev–Trinajstić information content (AvgIpc) is 3.31. The zero-order valence-corrected chi connectivity index (χ0v) is 43.2. The van der Waals surface area contributed by atoms with Crippen LogP contribution in [0.25, 0.3) is 0 Å². The van der Waals surface area contributed by atoms with Crippen LogP contribution in [0.5, 0.6) is 0 Å². The fourth-order valence-electron chi connectivity index (χ4n) is 6.88. The molecule has 0 aliphatic heterocycles. The van der Waals surface area contributed by atoms with Gasteiger partial charge in [-0.15, -0.1) is 0 Å². The molecule has 0 aliphatic carbocycles. The number of unbranched alkanes of at least 4 members (excludes halogenated alkanes) is 22. The number of carbonyl (C=O) groups excluding carboxylic acids is 5. The van der Waals surface area contributed by atoms with E-state index in [0.717, 1.165) is 70.6 Å². The van der Waals surface area contributed by atoms with Crippen LogP contribution in [0.3, 0.4) is 0 Å². The highest BCUT2D eigenvalue weighted by atomic mass is 33.1. The van der Waals surface area contributed by atoms with Crippen molar-refractivity contribution in [2.45, 2.75) is 231 Å². The fourth-order valence-corrected chi connectivity index (χ4v) is 8.53. The molecule has 0 radical (unpaired) electrons. The number of hydrogen-bond donors (Lipinski definition) is 2. The molecule has 0 fully saturated rings. The third-order valence-corrected chi connectivity index (χ3v) is 13.3. The van der Waals surface area contributed by atoms with E-state index in [0.29, 0.717) is 37.3 Å². The highest BCUT2D eigenvalue weighted by Crippen LogP contribution is 2.20. The van der Waals surface area contributed by atoms with Crippen molar-refractivity contribution in [2.75, 3.05) is 44.5 Å². The maximum absolute atomic E-state index is 12.8. The Morgan fingerprint density at radius 2 is 0.833 bits per heavy atom. The first kappa shape index (κ1) is 63.5. The van der Waals surface area contributed by atoms with Gasteiger partial charge in [-0.25, -0.2) is 0 Å². The van der Waals surface area contributed by atoms with Crippen molar-refractivity contribution in [2.24, 2.45) is 11.5 Å². The van der Waals surface area contributed by atoms with Crippen LogP contribution in [0.15, 0.2) is 24.3 Å². The Hall–Kier alpha value is -2.55. The van der Waals surface area contributed by atoms with Gasteiger partial charge >= 0.3 is 29.8 Å². The monoisotopic (exact) mass is 971 g/mol. The van der Waals surface area contributed by atoms with Crippen molar-refractivity contribution >= 4 is 51.4 Å². The van der Waals surface area contributed by atoms with Crippen molar-refractivity contribution < 1.29 is 47.7 Å². The van der Waals surface area contributed by atoms with E-state index in [1.807, 2.05) is 0 Å². The van der Waals surface area contributed by atoms with Crippen LogP contribution >= 0.6 is 21.6 Å². The van der Waals surface area contributed by atoms with Crippen LogP contribution in [0.1, 0.15) is 219 Å². The zero-order chi connectivity index (χ0) is 48.4. The van der Waals surface area contributed by atoms with Gasteiger partial charge in [0.05, 0.1) is 12.8 Å². The molecule has 0 saturated heterocycles. The predicted octanol–water partition coefficient (Wildman–Crippen LogP) is 12.4. The maximum atomic E-state index is 12.8. The smallest absolute Gasteiger partial charge is 0.322 e. The van der Waals surface area contributed by atoms with Crippen molar-refractivity contribution in [1.29, 1.82) is 0 Å². The van der Waals surface area contributed by atoms with Gasteiger partial charge in [-0.3, -0.25) is 24.0 Å². The number of nitrogens with two attached hydrogens (primary N) is 2. The molecule has 0 saturated carbocycles. The lowest BCUT2D eigenvalue weighted by Crippen LogP contribution is -2.33. The van der Waals surface area contributed by atoms with Gasteiger partial charge in [0.25, 0.3) is 0 Å². The largest absolute Gasteiger partial charge is 0.465 e. The molecule has 12 nitrogen and oxygen atoms in total. The van der Waals surface area contributed by atoms with E-state index in [9.17, 15) is 24.0 Å². The molecule has 0 aromatic rings. The lowest BCUT2D eigenvalue weighted by Gasteiger charge is -2.18. The topological polar surface area (TPSA) is 184 Å². The Balaban J connectivity index is 4.51.